The van der Waals surface area contributed by atoms with Gasteiger partial charge in [-0.2, -0.15) is 13.2 Å². The topological polar surface area (TPSA) is 97.1 Å². The minimum atomic E-state index is -4.56. The van der Waals surface area contributed by atoms with E-state index in [4.69, 9.17) is 16.0 Å². The third kappa shape index (κ3) is 5.11. The predicted octanol–water partition coefficient (Wildman–Crippen LogP) is 3.92. The Morgan fingerprint density at radius 3 is 2.41 bits per heavy atom. The van der Waals surface area contributed by atoms with Crippen molar-refractivity contribution in [2.24, 2.45) is 0 Å². The Labute approximate surface area is 166 Å². The van der Waals surface area contributed by atoms with Crippen LogP contribution < -0.4 is 10.6 Å². The lowest BCUT2D eigenvalue weighted by atomic mass is 10.2. The van der Waals surface area contributed by atoms with Crippen LogP contribution >= 0.6 is 11.6 Å². The lowest BCUT2D eigenvalue weighted by Crippen LogP contribution is -2.22. The molecule has 2 aromatic carbocycles. The molecule has 1 aromatic heterocycles. The molecule has 0 unspecified atom stereocenters. The highest BCUT2D eigenvalue weighted by molar-refractivity contribution is 6.34. The molecule has 0 fully saturated rings. The van der Waals surface area contributed by atoms with Gasteiger partial charge < -0.3 is 15.1 Å². The van der Waals surface area contributed by atoms with E-state index < -0.39 is 23.5 Å². The van der Waals surface area contributed by atoms with Crippen LogP contribution in [0, 0.1) is 0 Å². The smallest absolute Gasteiger partial charge is 0.415 e. The van der Waals surface area contributed by atoms with Gasteiger partial charge in [0.2, 0.25) is 5.89 Å². The maximum Gasteiger partial charge on any atom is 0.416 e. The van der Waals surface area contributed by atoms with E-state index >= 15 is 0 Å². The Balaban J connectivity index is 1.61. The molecule has 2 amide bonds. The Bertz CT molecular complexity index is 1040. The highest BCUT2D eigenvalue weighted by Crippen LogP contribution is 2.33. The van der Waals surface area contributed by atoms with Gasteiger partial charge in [-0.1, -0.05) is 29.8 Å². The zero-order valence-corrected chi connectivity index (χ0v) is 15.2. The molecule has 3 rings (SSSR count). The molecular formula is C18H12ClF3N4O3. The van der Waals surface area contributed by atoms with Crippen molar-refractivity contribution in [3.05, 3.63) is 76.5 Å². The van der Waals surface area contributed by atoms with Gasteiger partial charge in [-0.25, -0.2) is 0 Å². The Morgan fingerprint density at radius 1 is 1.03 bits per heavy atom. The lowest BCUT2D eigenvalue weighted by Gasteiger charge is -2.10. The standard InChI is InChI=1S/C18H12ClF3N4O3/c19-12-8-11(18(20,21)22)6-7-13(12)24-16(28)17-26-25-14(29-17)9-23-15(27)10-4-2-1-3-5-10/h1-8H,9H2,(H,23,27)(H,24,28). The van der Waals surface area contributed by atoms with Crippen molar-refractivity contribution in [2.45, 2.75) is 12.7 Å². The minimum absolute atomic E-state index is 0.0297. The summed E-state index contributed by atoms with van der Waals surface area (Å²) in [5, 5.41) is 11.7. The second-order valence-electron chi connectivity index (χ2n) is 5.70. The van der Waals surface area contributed by atoms with E-state index in [1.54, 1.807) is 30.3 Å². The molecule has 0 aliphatic carbocycles. The van der Waals surface area contributed by atoms with Crippen LogP contribution in [0.3, 0.4) is 0 Å². The predicted molar refractivity (Wildman–Crippen MR) is 96.3 cm³/mol. The molecule has 0 spiro atoms. The number of aromatic nitrogens is 2. The number of hydrogen-bond acceptors (Lipinski definition) is 5. The number of amides is 2. The molecule has 0 aliphatic rings. The molecule has 3 aromatic rings. The summed E-state index contributed by atoms with van der Waals surface area (Å²) in [6.07, 6.45) is -4.56. The number of hydrogen-bond donors (Lipinski definition) is 2. The average molecular weight is 425 g/mol. The van der Waals surface area contributed by atoms with Gasteiger partial charge >= 0.3 is 18.0 Å². The summed E-state index contributed by atoms with van der Waals surface area (Å²) in [7, 11) is 0. The maximum atomic E-state index is 12.7. The summed E-state index contributed by atoms with van der Waals surface area (Å²) < 4.78 is 43.1. The van der Waals surface area contributed by atoms with Gasteiger partial charge in [0.1, 0.15) is 0 Å². The third-order valence-electron chi connectivity index (χ3n) is 3.64. The van der Waals surface area contributed by atoms with Crippen molar-refractivity contribution >= 4 is 29.1 Å². The molecule has 0 atom stereocenters. The average Bonchev–Trinajstić information content (AvgIpc) is 3.16. The molecule has 2 N–H and O–H groups in total. The van der Waals surface area contributed by atoms with Crippen LogP contribution in [0.5, 0.6) is 0 Å². The quantitative estimate of drug-likeness (QED) is 0.647. The molecule has 0 saturated heterocycles. The number of halogens is 4. The van der Waals surface area contributed by atoms with Gasteiger partial charge in [-0.05, 0) is 30.3 Å². The number of nitrogens with zero attached hydrogens (tertiary/aromatic N) is 2. The Kier molecular flexibility index (Phi) is 5.83. The van der Waals surface area contributed by atoms with Crippen LogP contribution in [0.4, 0.5) is 18.9 Å². The zero-order chi connectivity index (χ0) is 21.0. The fourth-order valence-electron chi connectivity index (χ4n) is 2.23. The number of benzene rings is 2. The highest BCUT2D eigenvalue weighted by Gasteiger charge is 2.31. The molecule has 0 bridgehead atoms. The van der Waals surface area contributed by atoms with Gasteiger partial charge in [0, 0.05) is 5.56 Å². The van der Waals surface area contributed by atoms with E-state index in [1.807, 2.05) is 0 Å². The first-order valence-corrected chi connectivity index (χ1v) is 8.45. The van der Waals surface area contributed by atoms with Crippen molar-refractivity contribution in [3.63, 3.8) is 0 Å². The summed E-state index contributed by atoms with van der Waals surface area (Å²) in [6.45, 7) is -0.116. The molecule has 0 saturated carbocycles. The fraction of sp³-hybridized carbons (Fsp3) is 0.111. The van der Waals surface area contributed by atoms with Gasteiger partial charge in [-0.15, -0.1) is 10.2 Å². The number of carbonyl (C=O) groups excluding carboxylic acids is 2. The summed E-state index contributed by atoms with van der Waals surface area (Å²) in [6, 6.07) is 10.9. The van der Waals surface area contributed by atoms with E-state index in [-0.39, 0.29) is 29.1 Å². The molecule has 29 heavy (non-hydrogen) atoms. The van der Waals surface area contributed by atoms with E-state index in [9.17, 15) is 22.8 Å². The Hall–Kier alpha value is -3.40. The SMILES string of the molecule is O=C(NCc1nnc(C(=O)Nc2ccc(C(F)(F)F)cc2Cl)o1)c1ccccc1. The Morgan fingerprint density at radius 2 is 1.76 bits per heavy atom. The van der Waals surface area contributed by atoms with Crippen LogP contribution in [0.1, 0.15) is 32.5 Å². The minimum Gasteiger partial charge on any atom is -0.415 e. The van der Waals surface area contributed by atoms with Gasteiger partial charge in [-0.3, -0.25) is 9.59 Å². The van der Waals surface area contributed by atoms with Crippen LogP contribution in [-0.4, -0.2) is 22.0 Å². The van der Waals surface area contributed by atoms with Crippen molar-refractivity contribution in [2.75, 3.05) is 5.32 Å². The van der Waals surface area contributed by atoms with Crippen LogP contribution in [-0.2, 0) is 12.7 Å². The molecular weight excluding hydrogens is 413 g/mol. The summed E-state index contributed by atoms with van der Waals surface area (Å²) in [4.78, 5) is 24.1. The molecule has 7 nitrogen and oxygen atoms in total. The van der Waals surface area contributed by atoms with Crippen molar-refractivity contribution in [3.8, 4) is 0 Å². The molecule has 1 heterocycles. The van der Waals surface area contributed by atoms with Gasteiger partial charge in [0.15, 0.2) is 0 Å². The van der Waals surface area contributed by atoms with Crippen molar-refractivity contribution < 1.29 is 27.2 Å². The molecule has 0 radical (unpaired) electrons. The number of anilines is 1. The first kappa shape index (κ1) is 20.3. The normalized spacial score (nSPS) is 11.2. The third-order valence-corrected chi connectivity index (χ3v) is 3.95. The summed E-state index contributed by atoms with van der Waals surface area (Å²) in [5.41, 5.74) is -0.571. The first-order chi connectivity index (χ1) is 13.7. The highest BCUT2D eigenvalue weighted by atomic mass is 35.5. The zero-order valence-electron chi connectivity index (χ0n) is 14.5. The van der Waals surface area contributed by atoms with Crippen molar-refractivity contribution in [1.82, 2.24) is 15.5 Å². The van der Waals surface area contributed by atoms with Crippen molar-refractivity contribution in [1.29, 1.82) is 0 Å². The summed E-state index contributed by atoms with van der Waals surface area (Å²) >= 11 is 5.79. The number of rotatable bonds is 5. The maximum absolute atomic E-state index is 12.7. The number of nitrogens with one attached hydrogen (secondary N) is 2. The van der Waals surface area contributed by atoms with Crippen LogP contribution in [0.25, 0.3) is 0 Å². The van der Waals surface area contributed by atoms with Crippen LogP contribution in [0.2, 0.25) is 5.02 Å². The molecule has 150 valence electrons. The largest absolute Gasteiger partial charge is 0.416 e. The first-order valence-electron chi connectivity index (χ1n) is 8.08. The van der Waals surface area contributed by atoms with E-state index in [1.165, 1.54) is 0 Å². The monoisotopic (exact) mass is 424 g/mol. The molecule has 0 aliphatic heterocycles. The van der Waals surface area contributed by atoms with Gasteiger partial charge in [0.05, 0.1) is 22.8 Å². The second-order valence-corrected chi connectivity index (χ2v) is 6.10. The fourth-order valence-corrected chi connectivity index (χ4v) is 2.46. The van der Waals surface area contributed by atoms with E-state index in [0.29, 0.717) is 11.6 Å². The van der Waals surface area contributed by atoms with Crippen LogP contribution in [0.15, 0.2) is 52.9 Å². The van der Waals surface area contributed by atoms with E-state index in [2.05, 4.69) is 20.8 Å². The van der Waals surface area contributed by atoms with Gasteiger partial charge in [0.25, 0.3) is 5.91 Å². The summed E-state index contributed by atoms with van der Waals surface area (Å²) in [5.74, 6) is -1.70. The molecule has 11 heteroatoms. The number of carbonyl (C=O) groups is 2. The second kappa shape index (κ2) is 8.31. The van der Waals surface area contributed by atoms with E-state index in [0.717, 1.165) is 12.1 Å². The number of alkyl halides is 3. The lowest BCUT2D eigenvalue weighted by molar-refractivity contribution is -0.137.